The summed E-state index contributed by atoms with van der Waals surface area (Å²) in [6, 6.07) is 0. The zero-order valence-electron chi connectivity index (χ0n) is 8.13. The molecule has 0 fully saturated rings. The quantitative estimate of drug-likeness (QED) is 0.493. The van der Waals surface area contributed by atoms with Crippen LogP contribution in [0.2, 0.25) is 25.1 Å². The van der Waals surface area contributed by atoms with Gasteiger partial charge in [0.15, 0.2) is 5.75 Å². The van der Waals surface area contributed by atoms with E-state index >= 15 is 0 Å². The maximum absolute atomic E-state index is 10.7. The lowest BCUT2D eigenvalue weighted by Gasteiger charge is -2.06. The zero-order chi connectivity index (χ0) is 12.9. The van der Waals surface area contributed by atoms with Gasteiger partial charge < -0.3 is 5.11 Å². The molecule has 7 heteroatoms. The smallest absolute Gasteiger partial charge is 0.155 e. The molecule has 0 heterocycles. The number of alkyl halides is 1. The van der Waals surface area contributed by atoms with Crippen LogP contribution in [0.5, 0.6) is 5.75 Å². The normalized spacial score (nSPS) is 9.69. The highest BCUT2D eigenvalue weighted by atomic mass is 35.5. The molecule has 0 aromatic heterocycles. The van der Waals surface area contributed by atoms with E-state index in [1.54, 1.807) is 6.92 Å². The lowest BCUT2D eigenvalue weighted by molar-refractivity contribution is 0.476. The van der Waals surface area contributed by atoms with Crippen molar-refractivity contribution in [1.82, 2.24) is 0 Å². The highest BCUT2D eigenvalue weighted by Crippen LogP contribution is 2.47. The third kappa shape index (κ3) is 4.01. The topological polar surface area (TPSA) is 20.2 Å². The van der Waals surface area contributed by atoms with Gasteiger partial charge in [0.2, 0.25) is 0 Å². The minimum absolute atomic E-state index is 0.00904. The maximum Gasteiger partial charge on any atom is 0.155 e. The van der Waals surface area contributed by atoms with E-state index in [1.807, 2.05) is 0 Å². The second-order valence-electron chi connectivity index (χ2n) is 2.61. The molecule has 1 aromatic rings. The van der Waals surface area contributed by atoms with Gasteiger partial charge in [0, 0.05) is 0 Å². The van der Waals surface area contributed by atoms with E-state index in [4.69, 9.17) is 58.0 Å². The molecule has 1 rings (SSSR count). The summed E-state index contributed by atoms with van der Waals surface area (Å²) in [5.41, 5.74) is 0. The van der Waals surface area contributed by atoms with Crippen LogP contribution in [0, 0.1) is 0 Å². The van der Waals surface area contributed by atoms with Gasteiger partial charge >= 0.3 is 0 Å². The van der Waals surface area contributed by atoms with E-state index in [0.29, 0.717) is 6.42 Å². The Labute approximate surface area is 118 Å². The Morgan fingerprint density at radius 2 is 1.12 bits per heavy atom. The van der Waals surface area contributed by atoms with Crippen LogP contribution in [0.3, 0.4) is 0 Å². The lowest BCUT2D eigenvalue weighted by Crippen LogP contribution is -1.78. The van der Waals surface area contributed by atoms with Crippen molar-refractivity contribution in [2.24, 2.45) is 0 Å². The Morgan fingerprint density at radius 1 is 0.875 bits per heavy atom. The van der Waals surface area contributed by atoms with Crippen molar-refractivity contribution < 1.29 is 9.50 Å². The first kappa shape index (κ1) is 16.4. The number of benzene rings is 1. The van der Waals surface area contributed by atoms with Crippen LogP contribution in [0.15, 0.2) is 0 Å². The van der Waals surface area contributed by atoms with Crippen molar-refractivity contribution in [2.75, 3.05) is 6.67 Å². The van der Waals surface area contributed by atoms with Crippen molar-refractivity contribution in [3.05, 3.63) is 25.1 Å². The van der Waals surface area contributed by atoms with Crippen molar-refractivity contribution in [3.63, 3.8) is 0 Å². The highest BCUT2D eigenvalue weighted by Gasteiger charge is 2.18. The minimum Gasteiger partial charge on any atom is -0.505 e. The van der Waals surface area contributed by atoms with E-state index in [1.165, 1.54) is 0 Å². The summed E-state index contributed by atoms with van der Waals surface area (Å²) in [6.07, 6.45) is 0.653. The molecular formula is C9H8Cl5FO. The maximum atomic E-state index is 10.7. The first-order valence-corrected chi connectivity index (χ1v) is 6.03. The highest BCUT2D eigenvalue weighted by molar-refractivity contribution is 6.55. The van der Waals surface area contributed by atoms with Gasteiger partial charge in [-0.05, 0) is 6.42 Å². The van der Waals surface area contributed by atoms with Gasteiger partial charge in [-0.3, -0.25) is 4.39 Å². The average molecular weight is 328 g/mol. The number of hydrogen-bond donors (Lipinski definition) is 1. The number of hydrogen-bond acceptors (Lipinski definition) is 1. The fourth-order valence-electron chi connectivity index (χ4n) is 0.593. The van der Waals surface area contributed by atoms with E-state index in [-0.39, 0.29) is 37.5 Å². The monoisotopic (exact) mass is 326 g/mol. The van der Waals surface area contributed by atoms with Crippen LogP contribution in [0.1, 0.15) is 13.3 Å². The van der Waals surface area contributed by atoms with Crippen LogP contribution < -0.4 is 0 Å². The van der Waals surface area contributed by atoms with Crippen LogP contribution >= 0.6 is 58.0 Å². The first-order chi connectivity index (χ1) is 7.38. The summed E-state index contributed by atoms with van der Waals surface area (Å²) in [6.45, 7) is 1.62. The van der Waals surface area contributed by atoms with Crippen molar-refractivity contribution in [1.29, 1.82) is 0 Å². The summed E-state index contributed by atoms with van der Waals surface area (Å²) >= 11 is 27.9. The van der Waals surface area contributed by atoms with E-state index < -0.39 is 0 Å². The molecule has 0 aliphatic rings. The van der Waals surface area contributed by atoms with Gasteiger partial charge in [0.1, 0.15) is 10.0 Å². The second-order valence-corrected chi connectivity index (χ2v) is 4.50. The molecule has 0 bridgehead atoms. The van der Waals surface area contributed by atoms with Crippen LogP contribution in [-0.4, -0.2) is 11.8 Å². The molecule has 0 amide bonds. The fraction of sp³-hybridized carbons (Fsp3) is 0.333. The predicted molar refractivity (Wildman–Crippen MR) is 69.4 cm³/mol. The van der Waals surface area contributed by atoms with Crippen molar-refractivity contribution in [2.45, 2.75) is 13.3 Å². The van der Waals surface area contributed by atoms with E-state index in [0.717, 1.165) is 0 Å². The SMILES string of the molecule is CCCF.Oc1c(Cl)c(Cl)c(Cl)c(Cl)c1Cl. The van der Waals surface area contributed by atoms with Gasteiger partial charge in [-0.25, -0.2) is 0 Å². The Hall–Kier alpha value is 0.400. The Kier molecular flexibility index (Phi) is 7.87. The fourth-order valence-corrected chi connectivity index (χ4v) is 1.72. The number of halogens is 6. The van der Waals surface area contributed by atoms with Gasteiger partial charge in [-0.15, -0.1) is 0 Å². The summed E-state index contributed by atoms with van der Waals surface area (Å²) in [5, 5.41) is 9.01. The standard InChI is InChI=1S/C6HCl5O.C3H7F/c7-1-2(8)4(10)6(12)5(11)3(1)9;1-2-3-4/h12H;2-3H2,1H3. The largest absolute Gasteiger partial charge is 0.505 e. The number of phenols is 1. The minimum atomic E-state index is -0.363. The van der Waals surface area contributed by atoms with Gasteiger partial charge in [0.25, 0.3) is 0 Å². The summed E-state index contributed by atoms with van der Waals surface area (Å²) in [5.74, 6) is -0.363. The van der Waals surface area contributed by atoms with E-state index in [9.17, 15) is 9.50 Å². The molecule has 0 saturated carbocycles. The number of aromatic hydroxyl groups is 1. The molecule has 1 N–H and O–H groups in total. The summed E-state index contributed by atoms with van der Waals surface area (Å²) in [7, 11) is 0. The molecular weight excluding hydrogens is 320 g/mol. The number of phenolic OH excluding ortho intramolecular Hbond substituents is 1. The van der Waals surface area contributed by atoms with Crippen molar-refractivity contribution >= 4 is 58.0 Å². The molecule has 1 nitrogen and oxygen atoms in total. The molecule has 0 atom stereocenters. The molecule has 0 radical (unpaired) electrons. The average Bonchev–Trinajstić information content (AvgIpc) is 2.31. The summed E-state index contributed by atoms with van der Waals surface area (Å²) < 4.78 is 10.7. The molecule has 0 spiro atoms. The lowest BCUT2D eigenvalue weighted by atomic mass is 10.3. The van der Waals surface area contributed by atoms with E-state index in [2.05, 4.69) is 0 Å². The van der Waals surface area contributed by atoms with Crippen molar-refractivity contribution in [3.8, 4) is 5.75 Å². The third-order valence-corrected chi connectivity index (χ3v) is 3.63. The second kappa shape index (κ2) is 7.67. The molecule has 0 aliphatic carbocycles. The molecule has 0 aliphatic heterocycles. The molecule has 0 saturated heterocycles. The number of rotatable bonds is 1. The third-order valence-electron chi connectivity index (χ3n) is 1.38. The van der Waals surface area contributed by atoms with Gasteiger partial charge in [-0.2, -0.15) is 0 Å². The molecule has 1 aromatic carbocycles. The first-order valence-electron chi connectivity index (χ1n) is 4.14. The van der Waals surface area contributed by atoms with Gasteiger partial charge in [0.05, 0.1) is 21.7 Å². The Bertz CT molecular complexity index is 262. The Balaban J connectivity index is 0.000000487. The molecule has 16 heavy (non-hydrogen) atoms. The zero-order valence-corrected chi connectivity index (χ0v) is 11.9. The predicted octanol–water partition coefficient (Wildman–Crippen LogP) is 6.03. The van der Waals surface area contributed by atoms with Crippen LogP contribution in [-0.2, 0) is 0 Å². The molecule has 92 valence electrons. The molecule has 0 unspecified atom stereocenters. The Morgan fingerprint density at radius 3 is 1.38 bits per heavy atom. The summed E-state index contributed by atoms with van der Waals surface area (Å²) in [4.78, 5) is 0. The van der Waals surface area contributed by atoms with Crippen LogP contribution in [0.25, 0.3) is 0 Å². The van der Waals surface area contributed by atoms with Crippen LogP contribution in [0.4, 0.5) is 4.39 Å². The van der Waals surface area contributed by atoms with Gasteiger partial charge in [-0.1, -0.05) is 64.9 Å².